The van der Waals surface area contributed by atoms with Gasteiger partial charge >= 0.3 is 0 Å². The van der Waals surface area contributed by atoms with Gasteiger partial charge in [-0.1, -0.05) is 26.7 Å². The van der Waals surface area contributed by atoms with Crippen LogP contribution in [0.3, 0.4) is 0 Å². The Morgan fingerprint density at radius 1 is 1.09 bits per heavy atom. The number of hydrogen-bond donors (Lipinski definition) is 2. The van der Waals surface area contributed by atoms with Gasteiger partial charge in [-0.25, -0.2) is 4.98 Å². The fourth-order valence-corrected chi connectivity index (χ4v) is 4.92. The van der Waals surface area contributed by atoms with Gasteiger partial charge in [-0.2, -0.15) is 0 Å². The number of fused-ring (bicyclic) bond motifs is 1. The number of carbonyl (C=O) groups excluding carboxylic acids is 2. The summed E-state index contributed by atoms with van der Waals surface area (Å²) in [5.41, 5.74) is 2.75. The summed E-state index contributed by atoms with van der Waals surface area (Å²) in [6.07, 6.45) is 3.79. The molecule has 2 fully saturated rings. The number of ether oxygens (including phenoxy) is 1. The Balaban J connectivity index is 1.33. The minimum absolute atomic E-state index is 0.0368. The maximum absolute atomic E-state index is 12.5. The normalized spacial score (nSPS) is 23.4. The molecule has 178 valence electrons. The molecule has 1 aliphatic heterocycles. The van der Waals surface area contributed by atoms with Gasteiger partial charge in [0.25, 0.3) is 0 Å². The first-order chi connectivity index (χ1) is 15.9. The van der Waals surface area contributed by atoms with E-state index in [1.165, 1.54) is 6.42 Å². The Morgan fingerprint density at radius 2 is 1.85 bits per heavy atom. The third-order valence-electron chi connectivity index (χ3n) is 7.25. The van der Waals surface area contributed by atoms with Crippen LogP contribution in [0.4, 0.5) is 11.5 Å². The molecule has 2 aromatic rings. The molecule has 2 aliphatic rings. The van der Waals surface area contributed by atoms with Gasteiger partial charge in [0.1, 0.15) is 5.82 Å². The van der Waals surface area contributed by atoms with Crippen molar-refractivity contribution >= 4 is 34.2 Å². The van der Waals surface area contributed by atoms with Crippen LogP contribution in [0.2, 0.25) is 0 Å². The molecule has 2 amide bonds. The highest BCUT2D eigenvalue weighted by Crippen LogP contribution is 2.29. The number of amides is 2. The van der Waals surface area contributed by atoms with E-state index in [1.54, 1.807) is 0 Å². The predicted octanol–water partition coefficient (Wildman–Crippen LogP) is 4.04. The third-order valence-corrected chi connectivity index (χ3v) is 7.25. The van der Waals surface area contributed by atoms with Crippen LogP contribution in [-0.4, -0.2) is 49.1 Å². The molecular weight excluding hydrogens is 416 g/mol. The van der Waals surface area contributed by atoms with Crippen LogP contribution in [0.5, 0.6) is 0 Å². The second kappa shape index (κ2) is 10.5. The van der Waals surface area contributed by atoms with Crippen molar-refractivity contribution < 1.29 is 14.3 Å². The first-order valence-corrected chi connectivity index (χ1v) is 12.2. The van der Waals surface area contributed by atoms with Crippen LogP contribution >= 0.6 is 0 Å². The van der Waals surface area contributed by atoms with E-state index >= 15 is 0 Å². The van der Waals surface area contributed by atoms with Crippen molar-refractivity contribution in [1.29, 1.82) is 0 Å². The molecule has 1 aromatic carbocycles. The van der Waals surface area contributed by atoms with Crippen LogP contribution in [0.15, 0.2) is 24.3 Å². The van der Waals surface area contributed by atoms with Crippen molar-refractivity contribution in [3.05, 3.63) is 29.8 Å². The lowest BCUT2D eigenvalue weighted by atomic mass is 9.78. The number of nitrogens with one attached hydrogen (secondary N) is 2. The van der Waals surface area contributed by atoms with Crippen molar-refractivity contribution in [2.24, 2.45) is 11.8 Å². The number of morpholine rings is 1. The molecule has 1 aromatic heterocycles. The molecule has 3 atom stereocenters. The molecule has 0 radical (unpaired) electrons. The lowest BCUT2D eigenvalue weighted by Gasteiger charge is -2.34. The van der Waals surface area contributed by atoms with E-state index in [-0.39, 0.29) is 30.7 Å². The summed E-state index contributed by atoms with van der Waals surface area (Å²) in [4.78, 5) is 31.9. The van der Waals surface area contributed by atoms with Crippen molar-refractivity contribution in [2.45, 2.75) is 58.9 Å². The number of nitrogens with zero attached hydrogens (tertiary/aromatic N) is 2. The fraction of sp³-hybridized carbons (Fsp3) is 0.577. The maximum atomic E-state index is 12.5. The van der Waals surface area contributed by atoms with E-state index < -0.39 is 0 Å². The standard InChI is InChI=1S/C26H36N4O3/c1-17-5-4-6-22(19(17)3)29-26(32)10-9-25(31)27-20-7-8-23-21(16-20)18(2)15-24(28-23)30-11-13-33-14-12-30/h7-8,15-17,19,22H,4-6,9-14H2,1-3H3,(H,27,31)(H,29,32)/t17-,19+,22+/m0/s1. The number of carbonyl (C=O) groups is 2. The molecule has 1 aliphatic carbocycles. The van der Waals surface area contributed by atoms with Gasteiger partial charge in [-0.3, -0.25) is 9.59 Å². The van der Waals surface area contributed by atoms with Gasteiger partial charge in [-0.05, 0) is 55.0 Å². The van der Waals surface area contributed by atoms with Crippen molar-refractivity contribution in [2.75, 3.05) is 36.5 Å². The smallest absolute Gasteiger partial charge is 0.224 e. The van der Waals surface area contributed by atoms with Crippen molar-refractivity contribution in [1.82, 2.24) is 10.3 Å². The summed E-state index contributed by atoms with van der Waals surface area (Å²) >= 11 is 0. The van der Waals surface area contributed by atoms with Gasteiger partial charge in [0.05, 0.1) is 18.7 Å². The largest absolute Gasteiger partial charge is 0.378 e. The van der Waals surface area contributed by atoms with Crippen LogP contribution < -0.4 is 15.5 Å². The number of aromatic nitrogens is 1. The van der Waals surface area contributed by atoms with E-state index in [0.29, 0.717) is 11.8 Å². The number of aryl methyl sites for hydroxylation is 1. The number of benzene rings is 1. The van der Waals surface area contributed by atoms with E-state index in [1.807, 2.05) is 18.2 Å². The topological polar surface area (TPSA) is 83.6 Å². The predicted molar refractivity (Wildman–Crippen MR) is 131 cm³/mol. The quantitative estimate of drug-likeness (QED) is 0.691. The first kappa shape index (κ1) is 23.5. The molecule has 7 nitrogen and oxygen atoms in total. The second-order valence-corrected chi connectivity index (χ2v) is 9.62. The van der Waals surface area contributed by atoms with Crippen LogP contribution in [0.25, 0.3) is 10.9 Å². The molecule has 0 spiro atoms. The summed E-state index contributed by atoms with van der Waals surface area (Å²) in [6.45, 7) is 9.66. The van der Waals surface area contributed by atoms with E-state index in [0.717, 1.165) is 67.1 Å². The molecule has 1 saturated carbocycles. The average molecular weight is 453 g/mol. The third kappa shape index (κ3) is 5.82. The summed E-state index contributed by atoms with van der Waals surface area (Å²) in [7, 11) is 0. The Bertz CT molecular complexity index is 1000. The van der Waals surface area contributed by atoms with Gasteiger partial charge < -0.3 is 20.3 Å². The van der Waals surface area contributed by atoms with E-state index in [9.17, 15) is 9.59 Å². The molecule has 0 unspecified atom stereocenters. The average Bonchev–Trinajstić information content (AvgIpc) is 2.81. The zero-order valence-electron chi connectivity index (χ0n) is 20.0. The molecule has 4 rings (SSSR count). The van der Waals surface area contributed by atoms with Gasteiger partial charge in [0, 0.05) is 43.0 Å². The Morgan fingerprint density at radius 3 is 2.64 bits per heavy atom. The summed E-state index contributed by atoms with van der Waals surface area (Å²) in [5.74, 6) is 1.89. The molecule has 2 heterocycles. The molecule has 2 N–H and O–H groups in total. The maximum Gasteiger partial charge on any atom is 0.224 e. The highest BCUT2D eigenvalue weighted by atomic mass is 16.5. The van der Waals surface area contributed by atoms with E-state index in [2.05, 4.69) is 42.4 Å². The Hall–Kier alpha value is -2.67. The minimum Gasteiger partial charge on any atom is -0.378 e. The zero-order chi connectivity index (χ0) is 23.4. The van der Waals surface area contributed by atoms with Gasteiger partial charge in [0.15, 0.2) is 0 Å². The monoisotopic (exact) mass is 452 g/mol. The number of hydrogen-bond acceptors (Lipinski definition) is 5. The summed E-state index contributed by atoms with van der Waals surface area (Å²) < 4.78 is 5.44. The fourth-order valence-electron chi connectivity index (χ4n) is 4.92. The SMILES string of the molecule is Cc1cc(N2CCOCC2)nc2ccc(NC(=O)CCC(=O)N[C@@H]3CCC[C@H](C)[C@H]3C)cc12. The van der Waals surface area contributed by atoms with E-state index in [4.69, 9.17) is 9.72 Å². The first-order valence-electron chi connectivity index (χ1n) is 12.2. The highest BCUT2D eigenvalue weighted by molar-refractivity contribution is 5.96. The Labute approximate surface area is 196 Å². The summed E-state index contributed by atoms with van der Waals surface area (Å²) in [6, 6.07) is 8.10. The number of anilines is 2. The highest BCUT2D eigenvalue weighted by Gasteiger charge is 2.28. The number of pyridine rings is 1. The summed E-state index contributed by atoms with van der Waals surface area (Å²) in [5, 5.41) is 7.10. The van der Waals surface area contributed by atoms with Gasteiger partial charge in [0.2, 0.25) is 11.8 Å². The molecular formula is C26H36N4O3. The van der Waals surface area contributed by atoms with Crippen molar-refractivity contribution in [3.63, 3.8) is 0 Å². The van der Waals surface area contributed by atoms with Gasteiger partial charge in [-0.15, -0.1) is 0 Å². The van der Waals surface area contributed by atoms with Crippen molar-refractivity contribution in [3.8, 4) is 0 Å². The molecule has 33 heavy (non-hydrogen) atoms. The number of rotatable bonds is 6. The molecule has 1 saturated heterocycles. The van der Waals surface area contributed by atoms with Crippen LogP contribution in [0, 0.1) is 18.8 Å². The molecule has 7 heteroatoms. The lowest BCUT2D eigenvalue weighted by Crippen LogP contribution is -2.43. The second-order valence-electron chi connectivity index (χ2n) is 9.62. The van der Waals surface area contributed by atoms with Crippen LogP contribution in [0.1, 0.15) is 51.5 Å². The van der Waals surface area contributed by atoms with Crippen LogP contribution in [-0.2, 0) is 14.3 Å². The molecule has 0 bridgehead atoms. The zero-order valence-corrected chi connectivity index (χ0v) is 20.0. The minimum atomic E-state index is -0.148. The Kier molecular flexibility index (Phi) is 7.48. The lowest BCUT2D eigenvalue weighted by molar-refractivity contribution is -0.125.